The van der Waals surface area contributed by atoms with Crippen LogP contribution in [-0.2, 0) is 22.4 Å². The van der Waals surface area contributed by atoms with Crippen molar-refractivity contribution in [2.75, 3.05) is 6.61 Å². The largest absolute Gasteiger partial charge is 0.373 e. The molecule has 0 spiro atoms. The first-order valence-electron chi connectivity index (χ1n) is 7.18. The lowest BCUT2D eigenvalue weighted by atomic mass is 9.93. The van der Waals surface area contributed by atoms with E-state index in [1.54, 1.807) is 18.2 Å². The molecule has 0 aliphatic carbocycles. The molecule has 0 saturated carbocycles. The minimum atomic E-state index is -0.323. The zero-order valence-electron chi connectivity index (χ0n) is 11.7. The zero-order chi connectivity index (χ0) is 14.7. The Balaban J connectivity index is 1.70. The quantitative estimate of drug-likeness (QED) is 0.856. The first-order chi connectivity index (χ1) is 10.2. The second kappa shape index (κ2) is 6.19. The molecule has 1 atom stereocenters. The summed E-state index contributed by atoms with van der Waals surface area (Å²) >= 11 is 0. The van der Waals surface area contributed by atoms with Crippen LogP contribution in [0.15, 0.2) is 48.5 Å². The fourth-order valence-electron chi connectivity index (χ4n) is 2.78. The highest BCUT2D eigenvalue weighted by atomic mass is 19.1. The number of carbonyl (C=O) groups is 1. The van der Waals surface area contributed by atoms with Gasteiger partial charge >= 0.3 is 0 Å². The molecular formula is C18H17FO2. The molecule has 0 amide bonds. The number of carbonyl (C=O) groups excluding carboxylic acids is 1. The molecular weight excluding hydrogens is 267 g/mol. The van der Waals surface area contributed by atoms with Crippen LogP contribution in [0.25, 0.3) is 0 Å². The standard InChI is InChI=1S/C18H17FO2/c19-17-8-4-2-6-14(17)11-15(20)12-18-16-7-3-1-5-13(16)9-10-21-18/h1-8,18H,9-12H2. The van der Waals surface area contributed by atoms with Gasteiger partial charge in [0.1, 0.15) is 11.6 Å². The molecule has 0 fully saturated rings. The van der Waals surface area contributed by atoms with Crippen molar-refractivity contribution in [1.29, 1.82) is 0 Å². The second-order valence-electron chi connectivity index (χ2n) is 5.32. The number of fused-ring (bicyclic) bond motifs is 1. The van der Waals surface area contributed by atoms with E-state index in [-0.39, 0.29) is 24.1 Å². The normalized spacial score (nSPS) is 17.3. The average Bonchev–Trinajstić information content (AvgIpc) is 2.50. The summed E-state index contributed by atoms with van der Waals surface area (Å²) in [6, 6.07) is 14.5. The zero-order valence-corrected chi connectivity index (χ0v) is 11.7. The van der Waals surface area contributed by atoms with Gasteiger partial charge in [0.2, 0.25) is 0 Å². The molecule has 3 rings (SSSR count). The minimum Gasteiger partial charge on any atom is -0.373 e. The van der Waals surface area contributed by atoms with E-state index in [0.29, 0.717) is 18.6 Å². The molecule has 0 bridgehead atoms. The lowest BCUT2D eigenvalue weighted by molar-refractivity contribution is -0.121. The summed E-state index contributed by atoms with van der Waals surface area (Å²) in [6.45, 7) is 0.634. The molecule has 2 aromatic rings. The van der Waals surface area contributed by atoms with Gasteiger partial charge in [-0.1, -0.05) is 42.5 Å². The molecule has 0 radical (unpaired) electrons. The Hall–Kier alpha value is -2.00. The molecule has 2 aromatic carbocycles. The van der Waals surface area contributed by atoms with Gasteiger partial charge in [0, 0.05) is 12.8 Å². The number of rotatable bonds is 4. The molecule has 1 aliphatic heterocycles. The van der Waals surface area contributed by atoms with Gasteiger partial charge < -0.3 is 4.74 Å². The highest BCUT2D eigenvalue weighted by Gasteiger charge is 2.23. The fourth-order valence-corrected chi connectivity index (χ4v) is 2.78. The van der Waals surface area contributed by atoms with Crippen LogP contribution in [0.2, 0.25) is 0 Å². The van der Waals surface area contributed by atoms with Crippen molar-refractivity contribution in [3.63, 3.8) is 0 Å². The lowest BCUT2D eigenvalue weighted by Crippen LogP contribution is -2.20. The number of benzene rings is 2. The minimum absolute atomic E-state index is 0.00167. The smallest absolute Gasteiger partial charge is 0.140 e. The van der Waals surface area contributed by atoms with E-state index in [4.69, 9.17) is 4.74 Å². The van der Waals surface area contributed by atoms with Crippen molar-refractivity contribution < 1.29 is 13.9 Å². The van der Waals surface area contributed by atoms with Gasteiger partial charge in [-0.15, -0.1) is 0 Å². The lowest BCUT2D eigenvalue weighted by Gasteiger charge is -2.25. The van der Waals surface area contributed by atoms with Crippen LogP contribution in [0, 0.1) is 5.82 Å². The van der Waals surface area contributed by atoms with Crippen molar-refractivity contribution in [3.05, 3.63) is 71.0 Å². The van der Waals surface area contributed by atoms with Crippen LogP contribution in [0.3, 0.4) is 0 Å². The van der Waals surface area contributed by atoms with Crippen molar-refractivity contribution >= 4 is 5.78 Å². The topological polar surface area (TPSA) is 26.3 Å². The van der Waals surface area contributed by atoms with Crippen LogP contribution in [0.4, 0.5) is 4.39 Å². The fraction of sp³-hybridized carbons (Fsp3) is 0.278. The van der Waals surface area contributed by atoms with Crippen molar-refractivity contribution in [2.24, 2.45) is 0 Å². The third-order valence-corrected chi connectivity index (χ3v) is 3.85. The predicted octanol–water partition coefficient (Wildman–Crippen LogP) is 3.64. The molecule has 1 unspecified atom stereocenters. The number of hydrogen-bond acceptors (Lipinski definition) is 2. The van der Waals surface area contributed by atoms with E-state index < -0.39 is 0 Å². The summed E-state index contributed by atoms with van der Waals surface area (Å²) in [6.07, 6.45) is 1.10. The maximum absolute atomic E-state index is 13.6. The number of Topliss-reactive ketones (excluding diaryl/α,β-unsaturated/α-hetero) is 1. The molecule has 0 saturated heterocycles. The van der Waals surface area contributed by atoms with Gasteiger partial charge in [0.25, 0.3) is 0 Å². The molecule has 0 N–H and O–H groups in total. The summed E-state index contributed by atoms with van der Waals surface area (Å²) in [5.41, 5.74) is 2.78. The Morgan fingerprint density at radius 2 is 1.90 bits per heavy atom. The Bertz CT molecular complexity index is 651. The number of ether oxygens (including phenoxy) is 1. The maximum Gasteiger partial charge on any atom is 0.140 e. The molecule has 2 nitrogen and oxygen atoms in total. The van der Waals surface area contributed by atoms with E-state index in [9.17, 15) is 9.18 Å². The van der Waals surface area contributed by atoms with Gasteiger partial charge in [-0.25, -0.2) is 4.39 Å². The third-order valence-electron chi connectivity index (χ3n) is 3.85. The Labute approximate surface area is 123 Å². The Morgan fingerprint density at radius 3 is 2.76 bits per heavy atom. The Kier molecular flexibility index (Phi) is 4.11. The molecule has 21 heavy (non-hydrogen) atoms. The Morgan fingerprint density at radius 1 is 1.14 bits per heavy atom. The molecule has 0 aromatic heterocycles. The average molecular weight is 284 g/mol. The second-order valence-corrected chi connectivity index (χ2v) is 5.32. The highest BCUT2D eigenvalue weighted by molar-refractivity contribution is 5.81. The SMILES string of the molecule is O=C(Cc1ccccc1F)CC1OCCc2ccccc21. The van der Waals surface area contributed by atoms with E-state index >= 15 is 0 Å². The van der Waals surface area contributed by atoms with Crippen LogP contribution >= 0.6 is 0 Å². The highest BCUT2D eigenvalue weighted by Crippen LogP contribution is 2.30. The van der Waals surface area contributed by atoms with Crippen LogP contribution in [0.5, 0.6) is 0 Å². The van der Waals surface area contributed by atoms with E-state index in [1.165, 1.54) is 11.6 Å². The van der Waals surface area contributed by atoms with Crippen molar-refractivity contribution in [1.82, 2.24) is 0 Å². The molecule has 3 heteroatoms. The first kappa shape index (κ1) is 14.0. The van der Waals surface area contributed by atoms with Crippen LogP contribution in [-0.4, -0.2) is 12.4 Å². The number of halogens is 1. The number of ketones is 1. The van der Waals surface area contributed by atoms with Gasteiger partial charge in [0.05, 0.1) is 12.7 Å². The van der Waals surface area contributed by atoms with Crippen LogP contribution in [0.1, 0.15) is 29.2 Å². The molecule has 1 heterocycles. The van der Waals surface area contributed by atoms with E-state index in [2.05, 4.69) is 6.07 Å². The van der Waals surface area contributed by atoms with Gasteiger partial charge in [-0.3, -0.25) is 4.79 Å². The number of hydrogen-bond donors (Lipinski definition) is 0. The summed E-state index contributed by atoms with van der Waals surface area (Å²) < 4.78 is 19.3. The van der Waals surface area contributed by atoms with Crippen LogP contribution < -0.4 is 0 Å². The first-order valence-corrected chi connectivity index (χ1v) is 7.18. The maximum atomic E-state index is 13.6. The monoisotopic (exact) mass is 284 g/mol. The third kappa shape index (κ3) is 3.19. The molecule has 108 valence electrons. The van der Waals surface area contributed by atoms with Gasteiger partial charge in [0.15, 0.2) is 0 Å². The molecule has 1 aliphatic rings. The van der Waals surface area contributed by atoms with E-state index in [0.717, 1.165) is 12.0 Å². The summed E-state index contributed by atoms with van der Waals surface area (Å²) in [4.78, 5) is 12.2. The van der Waals surface area contributed by atoms with E-state index in [1.807, 2.05) is 18.2 Å². The predicted molar refractivity (Wildman–Crippen MR) is 78.6 cm³/mol. The van der Waals surface area contributed by atoms with Gasteiger partial charge in [-0.05, 0) is 29.2 Å². The van der Waals surface area contributed by atoms with Crippen molar-refractivity contribution in [3.8, 4) is 0 Å². The summed E-state index contributed by atoms with van der Waals surface area (Å²) in [5, 5.41) is 0. The summed E-state index contributed by atoms with van der Waals surface area (Å²) in [7, 11) is 0. The van der Waals surface area contributed by atoms with Crippen molar-refractivity contribution in [2.45, 2.75) is 25.4 Å². The summed E-state index contributed by atoms with van der Waals surface area (Å²) in [5.74, 6) is -0.322. The van der Waals surface area contributed by atoms with Gasteiger partial charge in [-0.2, -0.15) is 0 Å².